The summed E-state index contributed by atoms with van der Waals surface area (Å²) in [4.78, 5) is 48.2. The molecule has 0 aliphatic heterocycles. The first-order valence-electron chi connectivity index (χ1n) is 10.3. The first-order valence-corrected chi connectivity index (χ1v) is 10.3. The topological polar surface area (TPSA) is 130 Å². The van der Waals surface area contributed by atoms with Crippen molar-refractivity contribution >= 4 is 29.1 Å². The molecule has 0 unspecified atom stereocenters. The van der Waals surface area contributed by atoms with Gasteiger partial charge in [-0.2, -0.15) is 0 Å². The van der Waals surface area contributed by atoms with E-state index < -0.39 is 10.8 Å². The van der Waals surface area contributed by atoms with Gasteiger partial charge in [0.15, 0.2) is 0 Å². The Balaban J connectivity index is 2.31. The van der Waals surface area contributed by atoms with Gasteiger partial charge in [-0.15, -0.1) is 0 Å². The fourth-order valence-corrected chi connectivity index (χ4v) is 2.69. The first kappa shape index (κ1) is 24.5. The molecule has 0 saturated heterocycles. The molecule has 9 nitrogen and oxygen atoms in total. The normalized spacial score (nSPS) is 10.7. The van der Waals surface area contributed by atoms with E-state index in [1.807, 2.05) is 27.7 Å². The van der Waals surface area contributed by atoms with Gasteiger partial charge >= 0.3 is 0 Å². The highest BCUT2D eigenvalue weighted by Crippen LogP contribution is 2.18. The molecule has 170 valence electrons. The number of nitrogens with one attached hydrogen (secondary N) is 3. The van der Waals surface area contributed by atoms with E-state index in [0.29, 0.717) is 18.8 Å². The summed E-state index contributed by atoms with van der Waals surface area (Å²) < 4.78 is 0. The fraction of sp³-hybridized carbons (Fsp3) is 0.348. The van der Waals surface area contributed by atoms with Crippen LogP contribution in [-0.4, -0.2) is 35.7 Å². The maximum Gasteiger partial charge on any atom is 0.269 e. The Morgan fingerprint density at radius 2 is 1.19 bits per heavy atom. The van der Waals surface area contributed by atoms with Crippen LogP contribution in [0.25, 0.3) is 0 Å². The van der Waals surface area contributed by atoms with Gasteiger partial charge in [-0.1, -0.05) is 27.7 Å². The molecule has 0 aliphatic carbocycles. The number of hydrogen-bond donors (Lipinski definition) is 3. The summed E-state index contributed by atoms with van der Waals surface area (Å²) in [5.41, 5.74) is 0.751. The maximum atomic E-state index is 12.8. The van der Waals surface area contributed by atoms with Crippen molar-refractivity contribution in [2.45, 2.75) is 27.7 Å². The minimum atomic E-state index is -0.546. The molecular formula is C23H28N4O5. The van der Waals surface area contributed by atoms with E-state index in [1.54, 1.807) is 0 Å². The zero-order valence-corrected chi connectivity index (χ0v) is 18.6. The summed E-state index contributed by atoms with van der Waals surface area (Å²) in [7, 11) is 0. The molecule has 0 atom stereocenters. The van der Waals surface area contributed by atoms with Crippen molar-refractivity contribution in [3.05, 3.63) is 69.3 Å². The fourth-order valence-electron chi connectivity index (χ4n) is 2.69. The number of nitro benzene ring substituents is 1. The molecule has 2 aromatic rings. The van der Waals surface area contributed by atoms with Crippen LogP contribution in [0.1, 0.15) is 58.8 Å². The molecule has 0 spiro atoms. The summed E-state index contributed by atoms with van der Waals surface area (Å²) in [5.74, 6) is -0.846. The molecule has 2 rings (SSSR count). The molecule has 0 aliphatic rings. The van der Waals surface area contributed by atoms with Gasteiger partial charge in [0.2, 0.25) is 0 Å². The monoisotopic (exact) mass is 440 g/mol. The SMILES string of the molecule is CC(C)CNC(=O)c1cc(C(=O)NCC(C)C)cc(C(=O)Nc2ccc([N+](=O)[O-])cc2)c1. The van der Waals surface area contributed by atoms with Crippen molar-refractivity contribution in [3.8, 4) is 0 Å². The van der Waals surface area contributed by atoms with E-state index in [0.717, 1.165) is 0 Å². The van der Waals surface area contributed by atoms with Gasteiger partial charge in [0.05, 0.1) is 4.92 Å². The number of rotatable bonds is 9. The lowest BCUT2D eigenvalue weighted by atomic mass is 10.0. The molecule has 0 radical (unpaired) electrons. The summed E-state index contributed by atoms with van der Waals surface area (Å²) in [6.07, 6.45) is 0. The zero-order valence-electron chi connectivity index (χ0n) is 18.6. The first-order chi connectivity index (χ1) is 15.1. The van der Waals surface area contributed by atoms with E-state index in [9.17, 15) is 24.5 Å². The van der Waals surface area contributed by atoms with Crippen molar-refractivity contribution in [2.75, 3.05) is 18.4 Å². The number of nitro groups is 1. The van der Waals surface area contributed by atoms with Crippen LogP contribution in [0, 0.1) is 22.0 Å². The van der Waals surface area contributed by atoms with E-state index in [1.165, 1.54) is 42.5 Å². The molecule has 3 N–H and O–H groups in total. The van der Waals surface area contributed by atoms with Crippen LogP contribution in [0.2, 0.25) is 0 Å². The van der Waals surface area contributed by atoms with Crippen molar-refractivity contribution in [2.24, 2.45) is 11.8 Å². The van der Waals surface area contributed by atoms with Gasteiger partial charge in [-0.05, 0) is 42.2 Å². The van der Waals surface area contributed by atoms with Crippen molar-refractivity contribution < 1.29 is 19.3 Å². The second-order valence-electron chi connectivity index (χ2n) is 8.26. The average Bonchev–Trinajstić information content (AvgIpc) is 2.75. The lowest BCUT2D eigenvalue weighted by Crippen LogP contribution is -2.30. The van der Waals surface area contributed by atoms with Gasteiger partial charge in [0, 0.05) is 47.6 Å². The Labute approximate surface area is 186 Å². The van der Waals surface area contributed by atoms with E-state index in [-0.39, 0.29) is 46.0 Å². The minimum Gasteiger partial charge on any atom is -0.352 e. The number of anilines is 1. The van der Waals surface area contributed by atoms with Crippen LogP contribution >= 0.6 is 0 Å². The second kappa shape index (κ2) is 11.0. The van der Waals surface area contributed by atoms with Crippen LogP contribution in [0.4, 0.5) is 11.4 Å². The summed E-state index contributed by atoms with van der Waals surface area (Å²) in [5, 5.41) is 19.0. The molecule has 0 bridgehead atoms. The molecule has 2 aromatic carbocycles. The molecule has 3 amide bonds. The van der Waals surface area contributed by atoms with Gasteiger partial charge in [0.1, 0.15) is 0 Å². The number of nitrogens with zero attached hydrogens (tertiary/aromatic N) is 1. The van der Waals surface area contributed by atoms with Crippen LogP contribution in [-0.2, 0) is 0 Å². The minimum absolute atomic E-state index is 0.101. The van der Waals surface area contributed by atoms with Gasteiger partial charge in [0.25, 0.3) is 23.4 Å². The summed E-state index contributed by atoms with van der Waals surface area (Å²) >= 11 is 0. The van der Waals surface area contributed by atoms with Crippen LogP contribution in [0.3, 0.4) is 0 Å². The number of amides is 3. The molecule has 0 aromatic heterocycles. The quantitative estimate of drug-likeness (QED) is 0.405. The van der Waals surface area contributed by atoms with Crippen LogP contribution < -0.4 is 16.0 Å². The Kier molecular flexibility index (Phi) is 8.46. The Hall–Kier alpha value is -3.75. The van der Waals surface area contributed by atoms with Crippen LogP contribution in [0.5, 0.6) is 0 Å². The summed E-state index contributed by atoms with van der Waals surface area (Å²) in [6.45, 7) is 8.73. The lowest BCUT2D eigenvalue weighted by molar-refractivity contribution is -0.384. The third-order valence-corrected chi connectivity index (χ3v) is 4.40. The zero-order chi connectivity index (χ0) is 23.8. The lowest BCUT2D eigenvalue weighted by Gasteiger charge is -2.13. The number of carbonyl (C=O) groups excluding carboxylic acids is 3. The largest absolute Gasteiger partial charge is 0.352 e. The molecule has 0 heterocycles. The Morgan fingerprint density at radius 3 is 1.56 bits per heavy atom. The highest BCUT2D eigenvalue weighted by molar-refractivity contribution is 6.08. The molecule has 0 fully saturated rings. The maximum absolute atomic E-state index is 12.8. The third-order valence-electron chi connectivity index (χ3n) is 4.40. The number of carbonyl (C=O) groups is 3. The van der Waals surface area contributed by atoms with Crippen molar-refractivity contribution in [1.29, 1.82) is 0 Å². The predicted molar refractivity (Wildman–Crippen MR) is 122 cm³/mol. The van der Waals surface area contributed by atoms with Crippen molar-refractivity contribution in [1.82, 2.24) is 10.6 Å². The molecule has 0 saturated carbocycles. The highest BCUT2D eigenvalue weighted by atomic mass is 16.6. The van der Waals surface area contributed by atoms with Crippen molar-refractivity contribution in [3.63, 3.8) is 0 Å². The van der Waals surface area contributed by atoms with E-state index >= 15 is 0 Å². The highest BCUT2D eigenvalue weighted by Gasteiger charge is 2.17. The number of benzene rings is 2. The molecule has 32 heavy (non-hydrogen) atoms. The van der Waals surface area contributed by atoms with E-state index in [2.05, 4.69) is 16.0 Å². The second-order valence-corrected chi connectivity index (χ2v) is 8.26. The summed E-state index contributed by atoms with van der Waals surface area (Å²) in [6, 6.07) is 9.64. The van der Waals surface area contributed by atoms with Crippen LogP contribution in [0.15, 0.2) is 42.5 Å². The number of non-ortho nitro benzene ring substituents is 1. The number of hydrogen-bond acceptors (Lipinski definition) is 5. The molecular weight excluding hydrogens is 412 g/mol. The third kappa shape index (κ3) is 7.19. The average molecular weight is 441 g/mol. The Morgan fingerprint density at radius 1 is 0.781 bits per heavy atom. The van der Waals surface area contributed by atoms with Gasteiger partial charge < -0.3 is 16.0 Å². The van der Waals surface area contributed by atoms with E-state index in [4.69, 9.17) is 0 Å². The van der Waals surface area contributed by atoms with Gasteiger partial charge in [-0.3, -0.25) is 24.5 Å². The smallest absolute Gasteiger partial charge is 0.269 e. The predicted octanol–water partition coefficient (Wildman–Crippen LogP) is 3.62. The Bertz CT molecular complexity index is 958. The standard InChI is InChI=1S/C23H28N4O5/c1-14(2)12-24-21(28)16-9-17(22(29)25-13-15(3)4)11-18(10-16)23(30)26-19-5-7-20(8-6-19)27(31)32/h5-11,14-15H,12-13H2,1-4H3,(H,24,28)(H,25,29)(H,26,30). The van der Waals surface area contributed by atoms with Gasteiger partial charge in [-0.25, -0.2) is 0 Å². The molecule has 9 heteroatoms.